The predicted molar refractivity (Wildman–Crippen MR) is 109 cm³/mol. The summed E-state index contributed by atoms with van der Waals surface area (Å²) in [4.78, 5) is 23.4. The molecule has 4 rings (SSSR count). The molecule has 9 nitrogen and oxygen atoms in total. The fourth-order valence-electron chi connectivity index (χ4n) is 3.56. The number of pyridine rings is 1. The van der Waals surface area contributed by atoms with E-state index in [0.717, 1.165) is 63.1 Å². The number of carbonyl (C=O) groups is 1. The summed E-state index contributed by atoms with van der Waals surface area (Å²) in [6.45, 7) is 6.88. The second-order valence-corrected chi connectivity index (χ2v) is 7.64. The van der Waals surface area contributed by atoms with Crippen molar-refractivity contribution in [3.05, 3.63) is 30.1 Å². The molecule has 0 aromatic carbocycles. The van der Waals surface area contributed by atoms with Crippen LogP contribution >= 0.6 is 11.7 Å². The summed E-state index contributed by atoms with van der Waals surface area (Å²) in [7, 11) is 0. The Bertz CT molecular complexity index is 783. The summed E-state index contributed by atoms with van der Waals surface area (Å²) >= 11 is 1.11. The summed E-state index contributed by atoms with van der Waals surface area (Å²) < 4.78 is 19.7. The van der Waals surface area contributed by atoms with Crippen molar-refractivity contribution in [1.82, 2.24) is 23.5 Å². The van der Waals surface area contributed by atoms with Crippen molar-refractivity contribution >= 4 is 23.5 Å². The third-order valence-corrected chi connectivity index (χ3v) is 5.64. The van der Waals surface area contributed by atoms with Gasteiger partial charge in [-0.2, -0.15) is 4.37 Å². The Kier molecular flexibility index (Phi) is 6.86. The quantitative estimate of drug-likeness (QED) is 0.684. The van der Waals surface area contributed by atoms with Crippen LogP contribution in [-0.2, 0) is 16.1 Å². The minimum atomic E-state index is -0.0109. The van der Waals surface area contributed by atoms with Gasteiger partial charge >= 0.3 is 0 Å². The van der Waals surface area contributed by atoms with Crippen LogP contribution in [-0.4, -0.2) is 88.5 Å². The number of carbonyl (C=O) groups excluding carboxylic acids is 1. The molecule has 2 aromatic heterocycles. The first-order valence-electron chi connectivity index (χ1n) is 9.98. The third-order valence-electron chi connectivity index (χ3n) is 5.14. The van der Waals surface area contributed by atoms with E-state index in [1.807, 2.05) is 29.3 Å². The third kappa shape index (κ3) is 5.40. The molecule has 0 bridgehead atoms. The molecular weight excluding hydrogens is 392 g/mol. The van der Waals surface area contributed by atoms with Gasteiger partial charge in [0.2, 0.25) is 5.82 Å². The molecule has 0 aliphatic carbocycles. The maximum atomic E-state index is 12.7. The van der Waals surface area contributed by atoms with Crippen LogP contribution in [0, 0.1) is 0 Å². The first-order chi connectivity index (χ1) is 14.3. The average molecular weight is 419 g/mol. The Morgan fingerprint density at radius 1 is 1.10 bits per heavy atom. The molecule has 1 amide bonds. The largest absolute Gasteiger partial charge is 0.464 e. The van der Waals surface area contributed by atoms with E-state index in [1.165, 1.54) is 0 Å². The topological polar surface area (TPSA) is 83.9 Å². The van der Waals surface area contributed by atoms with Gasteiger partial charge in [-0.05, 0) is 18.6 Å². The Hall–Kier alpha value is -2.30. The van der Waals surface area contributed by atoms with E-state index in [9.17, 15) is 4.79 Å². The molecule has 2 fully saturated rings. The zero-order valence-electron chi connectivity index (χ0n) is 16.4. The van der Waals surface area contributed by atoms with Gasteiger partial charge in [-0.25, -0.2) is 0 Å². The number of ether oxygens (including phenoxy) is 2. The molecule has 0 unspecified atom stereocenters. The van der Waals surface area contributed by atoms with E-state index in [1.54, 1.807) is 0 Å². The Morgan fingerprint density at radius 3 is 2.83 bits per heavy atom. The number of hydrogen-bond acceptors (Lipinski definition) is 9. The van der Waals surface area contributed by atoms with Gasteiger partial charge in [0.25, 0.3) is 11.8 Å². The van der Waals surface area contributed by atoms with E-state index in [2.05, 4.69) is 23.5 Å². The first kappa shape index (κ1) is 20.0. The van der Waals surface area contributed by atoms with Crippen molar-refractivity contribution in [3.8, 4) is 5.88 Å². The number of nitrogens with zero attached hydrogens (tertiary/aromatic N) is 6. The fraction of sp³-hybridized carbons (Fsp3) is 0.579. The van der Waals surface area contributed by atoms with Crippen molar-refractivity contribution in [2.24, 2.45) is 0 Å². The summed E-state index contributed by atoms with van der Waals surface area (Å²) in [5.74, 6) is 1.14. The van der Waals surface area contributed by atoms with E-state index in [4.69, 9.17) is 9.47 Å². The Morgan fingerprint density at radius 2 is 2.00 bits per heavy atom. The van der Waals surface area contributed by atoms with Gasteiger partial charge in [-0.15, -0.1) is 4.37 Å². The molecule has 0 atom stereocenters. The number of morpholine rings is 1. The highest BCUT2D eigenvalue weighted by Gasteiger charge is 2.23. The van der Waals surface area contributed by atoms with Crippen LogP contribution in [0.1, 0.15) is 12.1 Å². The Balaban J connectivity index is 1.27. The molecule has 0 saturated carbocycles. The summed E-state index contributed by atoms with van der Waals surface area (Å²) in [6.07, 6.45) is 2.76. The summed E-state index contributed by atoms with van der Waals surface area (Å²) in [5.41, 5.74) is 1.06. The normalized spacial score (nSPS) is 18.5. The van der Waals surface area contributed by atoms with Crippen molar-refractivity contribution in [1.29, 1.82) is 0 Å². The maximum Gasteiger partial charge on any atom is 0.271 e. The van der Waals surface area contributed by atoms with Crippen LogP contribution < -0.4 is 9.64 Å². The zero-order chi connectivity index (χ0) is 19.9. The van der Waals surface area contributed by atoms with Crippen LogP contribution in [0.5, 0.6) is 5.88 Å². The lowest BCUT2D eigenvalue weighted by atomic mass is 10.3. The lowest BCUT2D eigenvalue weighted by Crippen LogP contribution is -2.38. The molecule has 0 N–H and O–H groups in total. The fourth-order valence-corrected chi connectivity index (χ4v) is 4.08. The predicted octanol–water partition coefficient (Wildman–Crippen LogP) is 0.883. The molecule has 2 saturated heterocycles. The molecular formula is C19H26N6O3S. The van der Waals surface area contributed by atoms with Crippen LogP contribution in [0.15, 0.2) is 24.4 Å². The minimum absolute atomic E-state index is 0.00869. The number of aromatic nitrogens is 3. The molecule has 156 valence electrons. The SMILES string of the molecule is O=C(COc1nsnc1N1CCOCC1)N1CCCN(Cc2ccccn2)CC1. The van der Waals surface area contributed by atoms with Crippen LogP contribution in [0.25, 0.3) is 0 Å². The van der Waals surface area contributed by atoms with Gasteiger partial charge in [0.15, 0.2) is 6.61 Å². The standard InChI is InChI=1S/C19H26N6O3S/c26-17(15-28-19-18(21-29-22-19)25-10-12-27-13-11-25)24-7-3-6-23(8-9-24)14-16-4-1-2-5-20-16/h1-2,4-5H,3,6-15H2. The molecule has 2 aliphatic rings. The van der Waals surface area contributed by atoms with Crippen molar-refractivity contribution in [2.45, 2.75) is 13.0 Å². The van der Waals surface area contributed by atoms with E-state index in [0.29, 0.717) is 31.5 Å². The molecule has 2 aromatic rings. The summed E-state index contributed by atoms with van der Waals surface area (Å²) in [6, 6.07) is 5.97. The van der Waals surface area contributed by atoms with Gasteiger partial charge in [0, 0.05) is 52.0 Å². The number of amides is 1. The highest BCUT2D eigenvalue weighted by atomic mass is 32.1. The van der Waals surface area contributed by atoms with Gasteiger partial charge < -0.3 is 19.3 Å². The Labute approximate surface area is 174 Å². The molecule has 4 heterocycles. The highest BCUT2D eigenvalue weighted by Crippen LogP contribution is 2.26. The van der Waals surface area contributed by atoms with Gasteiger partial charge in [0.1, 0.15) is 0 Å². The average Bonchev–Trinajstić information content (AvgIpc) is 3.12. The van der Waals surface area contributed by atoms with Crippen molar-refractivity contribution < 1.29 is 14.3 Å². The van der Waals surface area contributed by atoms with E-state index < -0.39 is 0 Å². The lowest BCUT2D eigenvalue weighted by molar-refractivity contribution is -0.133. The van der Waals surface area contributed by atoms with Crippen molar-refractivity contribution in [2.75, 3.05) is 64.0 Å². The molecule has 0 spiro atoms. The van der Waals surface area contributed by atoms with E-state index in [-0.39, 0.29) is 12.5 Å². The van der Waals surface area contributed by atoms with Crippen LogP contribution in [0.2, 0.25) is 0 Å². The number of rotatable bonds is 6. The second kappa shape index (κ2) is 9.95. The van der Waals surface area contributed by atoms with Gasteiger partial charge in [-0.1, -0.05) is 6.07 Å². The minimum Gasteiger partial charge on any atom is -0.464 e. The van der Waals surface area contributed by atoms with E-state index >= 15 is 0 Å². The summed E-state index contributed by atoms with van der Waals surface area (Å²) in [5, 5.41) is 0. The zero-order valence-corrected chi connectivity index (χ0v) is 17.2. The van der Waals surface area contributed by atoms with Gasteiger partial charge in [-0.3, -0.25) is 14.7 Å². The first-order valence-corrected chi connectivity index (χ1v) is 10.7. The van der Waals surface area contributed by atoms with Crippen molar-refractivity contribution in [3.63, 3.8) is 0 Å². The highest BCUT2D eigenvalue weighted by molar-refractivity contribution is 6.99. The lowest BCUT2D eigenvalue weighted by Gasteiger charge is -2.27. The molecule has 0 radical (unpaired) electrons. The molecule has 2 aliphatic heterocycles. The van der Waals surface area contributed by atoms with Crippen LogP contribution in [0.4, 0.5) is 5.82 Å². The second-order valence-electron chi connectivity index (χ2n) is 7.11. The van der Waals surface area contributed by atoms with Crippen LogP contribution in [0.3, 0.4) is 0 Å². The molecule has 29 heavy (non-hydrogen) atoms. The smallest absolute Gasteiger partial charge is 0.271 e. The van der Waals surface area contributed by atoms with Gasteiger partial charge in [0.05, 0.1) is 30.6 Å². The number of anilines is 1. The maximum absolute atomic E-state index is 12.7. The number of hydrogen-bond donors (Lipinski definition) is 0. The monoisotopic (exact) mass is 418 g/mol. The molecule has 10 heteroatoms.